The summed E-state index contributed by atoms with van der Waals surface area (Å²) in [6.07, 6.45) is 0.974. The highest BCUT2D eigenvalue weighted by Gasteiger charge is 2.18. The van der Waals surface area contributed by atoms with Crippen molar-refractivity contribution >= 4 is 44.9 Å². The first kappa shape index (κ1) is 20.6. The van der Waals surface area contributed by atoms with Crippen molar-refractivity contribution in [1.82, 2.24) is 9.97 Å². The predicted molar refractivity (Wildman–Crippen MR) is 126 cm³/mol. The molecule has 6 heteroatoms. The van der Waals surface area contributed by atoms with Crippen LogP contribution in [0.5, 0.6) is 0 Å². The second-order valence-electron chi connectivity index (χ2n) is 6.95. The Labute approximate surface area is 185 Å². The van der Waals surface area contributed by atoms with Crippen molar-refractivity contribution in [2.45, 2.75) is 31.8 Å². The molecule has 0 saturated heterocycles. The Bertz CT molecular complexity index is 1140. The van der Waals surface area contributed by atoms with Gasteiger partial charge in [0.05, 0.1) is 12.3 Å². The molecule has 4 rings (SSSR count). The lowest BCUT2D eigenvalue weighted by molar-refractivity contribution is -0.116. The molecule has 0 aliphatic rings. The number of hydrogen-bond donors (Lipinski definition) is 0. The number of amides is 1. The average Bonchev–Trinajstić information content (AvgIpc) is 3.20. The van der Waals surface area contributed by atoms with Crippen molar-refractivity contribution in [3.8, 4) is 0 Å². The van der Waals surface area contributed by atoms with E-state index in [2.05, 4.69) is 23.0 Å². The minimum absolute atomic E-state index is 0.0606. The third-order valence-corrected chi connectivity index (χ3v) is 6.90. The molecule has 0 radical (unpaired) electrons. The largest absolute Gasteiger partial charge is 0.307 e. The third kappa shape index (κ3) is 4.71. The quantitative estimate of drug-likeness (QED) is 0.269. The standard InChI is InChI=1S/C24H23N3OS2/c1-3-20-14-21-23(25-17(2)26-24(21)30-20)29-16-22(28)27(19-12-8-5-9-13-19)15-18-10-6-4-7-11-18/h4-14H,3,15-16H2,1-2H3. The Morgan fingerprint density at radius 3 is 2.43 bits per heavy atom. The zero-order valence-corrected chi connectivity index (χ0v) is 18.7. The van der Waals surface area contributed by atoms with Gasteiger partial charge in [0, 0.05) is 16.0 Å². The van der Waals surface area contributed by atoms with Crippen molar-refractivity contribution in [3.05, 3.63) is 83.0 Å². The summed E-state index contributed by atoms with van der Waals surface area (Å²) < 4.78 is 0. The van der Waals surface area contributed by atoms with E-state index >= 15 is 0 Å². The molecule has 4 nitrogen and oxygen atoms in total. The van der Waals surface area contributed by atoms with E-state index in [0.29, 0.717) is 12.3 Å². The van der Waals surface area contributed by atoms with E-state index in [9.17, 15) is 4.79 Å². The van der Waals surface area contributed by atoms with E-state index in [1.807, 2.05) is 72.5 Å². The van der Waals surface area contributed by atoms with Gasteiger partial charge in [-0.3, -0.25) is 4.79 Å². The second-order valence-corrected chi connectivity index (χ2v) is 9.03. The fourth-order valence-corrected chi connectivity index (χ4v) is 5.24. The molecule has 0 fully saturated rings. The number of benzene rings is 2. The van der Waals surface area contributed by atoms with Crippen LogP contribution in [0.3, 0.4) is 0 Å². The van der Waals surface area contributed by atoms with Gasteiger partial charge in [0.15, 0.2) is 0 Å². The molecule has 0 spiro atoms. The van der Waals surface area contributed by atoms with Crippen LogP contribution in [-0.4, -0.2) is 21.6 Å². The molecule has 1 amide bonds. The topological polar surface area (TPSA) is 46.1 Å². The van der Waals surface area contributed by atoms with Crippen LogP contribution in [0.4, 0.5) is 5.69 Å². The van der Waals surface area contributed by atoms with E-state index in [1.165, 1.54) is 16.6 Å². The second kappa shape index (κ2) is 9.41. The first-order valence-electron chi connectivity index (χ1n) is 9.93. The number of rotatable bonds is 7. The molecule has 0 atom stereocenters. The van der Waals surface area contributed by atoms with Crippen molar-refractivity contribution in [2.24, 2.45) is 0 Å². The zero-order valence-electron chi connectivity index (χ0n) is 17.0. The molecule has 4 aromatic rings. The van der Waals surface area contributed by atoms with Crippen molar-refractivity contribution in [1.29, 1.82) is 0 Å². The minimum atomic E-state index is 0.0606. The van der Waals surface area contributed by atoms with Crippen molar-refractivity contribution in [3.63, 3.8) is 0 Å². The van der Waals surface area contributed by atoms with Crippen LogP contribution in [0, 0.1) is 6.92 Å². The number of thiophene rings is 1. The van der Waals surface area contributed by atoms with E-state index in [0.717, 1.165) is 38.7 Å². The number of aryl methyl sites for hydroxylation is 2. The molecule has 0 bridgehead atoms. The van der Waals surface area contributed by atoms with Gasteiger partial charge in [0.1, 0.15) is 15.7 Å². The number of fused-ring (bicyclic) bond motifs is 1. The number of hydrogen-bond acceptors (Lipinski definition) is 5. The summed E-state index contributed by atoms with van der Waals surface area (Å²) in [5, 5.41) is 1.93. The Hall–Kier alpha value is -2.70. The van der Waals surface area contributed by atoms with E-state index in [4.69, 9.17) is 0 Å². The lowest BCUT2D eigenvalue weighted by Crippen LogP contribution is -2.31. The van der Waals surface area contributed by atoms with Gasteiger partial charge in [0.2, 0.25) is 5.91 Å². The number of thioether (sulfide) groups is 1. The average molecular weight is 434 g/mol. The number of nitrogens with zero attached hydrogens (tertiary/aromatic N) is 3. The number of carbonyl (C=O) groups is 1. The van der Waals surface area contributed by atoms with Gasteiger partial charge >= 0.3 is 0 Å². The molecule has 30 heavy (non-hydrogen) atoms. The molecule has 2 heterocycles. The van der Waals surface area contributed by atoms with Crippen LogP contribution in [0.25, 0.3) is 10.2 Å². The lowest BCUT2D eigenvalue weighted by atomic mass is 10.2. The van der Waals surface area contributed by atoms with Gasteiger partial charge in [0.25, 0.3) is 0 Å². The van der Waals surface area contributed by atoms with Crippen LogP contribution >= 0.6 is 23.1 Å². The maximum Gasteiger partial charge on any atom is 0.237 e. The maximum atomic E-state index is 13.3. The molecule has 2 aromatic heterocycles. The van der Waals surface area contributed by atoms with Gasteiger partial charge in [-0.1, -0.05) is 67.2 Å². The van der Waals surface area contributed by atoms with E-state index < -0.39 is 0 Å². The normalized spacial score (nSPS) is 11.0. The van der Waals surface area contributed by atoms with Crippen LogP contribution in [0.2, 0.25) is 0 Å². The highest BCUT2D eigenvalue weighted by molar-refractivity contribution is 8.00. The summed E-state index contributed by atoms with van der Waals surface area (Å²) in [5.41, 5.74) is 2.00. The molecule has 0 aliphatic heterocycles. The highest BCUT2D eigenvalue weighted by atomic mass is 32.2. The van der Waals surface area contributed by atoms with Crippen LogP contribution in [0.15, 0.2) is 71.8 Å². The molecule has 2 aromatic carbocycles. The van der Waals surface area contributed by atoms with Crippen LogP contribution < -0.4 is 4.90 Å². The lowest BCUT2D eigenvalue weighted by Gasteiger charge is -2.23. The molecule has 0 aliphatic carbocycles. The fraction of sp³-hybridized carbons (Fsp3) is 0.208. The van der Waals surface area contributed by atoms with E-state index in [1.54, 1.807) is 11.3 Å². The smallest absolute Gasteiger partial charge is 0.237 e. The number of aromatic nitrogens is 2. The number of anilines is 1. The van der Waals surface area contributed by atoms with Crippen LogP contribution in [0.1, 0.15) is 23.2 Å². The molecule has 152 valence electrons. The molecular formula is C24H23N3OS2. The third-order valence-electron chi connectivity index (χ3n) is 4.75. The summed E-state index contributed by atoms with van der Waals surface area (Å²) >= 11 is 3.20. The fourth-order valence-electron chi connectivity index (χ4n) is 3.24. The van der Waals surface area contributed by atoms with Gasteiger partial charge in [-0.25, -0.2) is 9.97 Å². The van der Waals surface area contributed by atoms with E-state index in [-0.39, 0.29) is 5.91 Å². The first-order valence-corrected chi connectivity index (χ1v) is 11.7. The summed E-state index contributed by atoms with van der Waals surface area (Å²) in [4.78, 5) is 26.6. The molecule has 0 N–H and O–H groups in total. The summed E-state index contributed by atoms with van der Waals surface area (Å²) in [6.45, 7) is 4.59. The Morgan fingerprint density at radius 1 is 1.03 bits per heavy atom. The monoisotopic (exact) mass is 433 g/mol. The Balaban J connectivity index is 1.57. The van der Waals surface area contributed by atoms with Gasteiger partial charge in [-0.15, -0.1) is 11.3 Å². The van der Waals surface area contributed by atoms with Crippen LogP contribution in [-0.2, 0) is 17.8 Å². The van der Waals surface area contributed by atoms with Crippen molar-refractivity contribution in [2.75, 3.05) is 10.7 Å². The van der Waals surface area contributed by atoms with Gasteiger partial charge in [-0.05, 0) is 37.1 Å². The molecule has 0 saturated carbocycles. The first-order chi connectivity index (χ1) is 14.6. The highest BCUT2D eigenvalue weighted by Crippen LogP contribution is 2.32. The zero-order chi connectivity index (χ0) is 20.9. The minimum Gasteiger partial charge on any atom is -0.307 e. The number of carbonyl (C=O) groups excluding carboxylic acids is 1. The Morgan fingerprint density at radius 2 is 1.73 bits per heavy atom. The Kier molecular flexibility index (Phi) is 6.45. The van der Waals surface area contributed by atoms with Gasteiger partial charge < -0.3 is 4.90 Å². The maximum absolute atomic E-state index is 13.3. The SMILES string of the molecule is CCc1cc2c(SCC(=O)N(Cc3ccccc3)c3ccccc3)nc(C)nc2s1. The predicted octanol–water partition coefficient (Wildman–Crippen LogP) is 5.89. The van der Waals surface area contributed by atoms with Crippen molar-refractivity contribution < 1.29 is 4.79 Å². The summed E-state index contributed by atoms with van der Waals surface area (Å²) in [6, 6.07) is 22.1. The molecule has 0 unspecified atom stereocenters. The summed E-state index contributed by atoms with van der Waals surface area (Å²) in [5.74, 6) is 1.13. The molecular weight excluding hydrogens is 410 g/mol. The van der Waals surface area contributed by atoms with Gasteiger partial charge in [-0.2, -0.15) is 0 Å². The summed E-state index contributed by atoms with van der Waals surface area (Å²) in [7, 11) is 0. The number of para-hydroxylation sites is 1.